The van der Waals surface area contributed by atoms with Crippen LogP contribution in [0.3, 0.4) is 0 Å². The number of ether oxygens (including phenoxy) is 1. The van der Waals surface area contributed by atoms with E-state index in [-0.39, 0.29) is 0 Å². The fraction of sp³-hybridized carbons (Fsp3) is 0.333. The molecule has 0 radical (unpaired) electrons. The summed E-state index contributed by atoms with van der Waals surface area (Å²) in [5.41, 5.74) is 1.00. The lowest BCUT2D eigenvalue weighted by molar-refractivity contribution is 0.342. The van der Waals surface area contributed by atoms with E-state index < -0.39 is 0 Å². The summed E-state index contributed by atoms with van der Waals surface area (Å²) in [6.45, 7) is 3.42. The molecular formula is C12H15NO. The molecule has 0 atom stereocenters. The smallest absolute Gasteiger partial charge is 0.142 e. The highest BCUT2D eigenvalue weighted by atomic mass is 16.5. The third-order valence-electron chi connectivity index (χ3n) is 1.77. The number of hydrogen-bond acceptors (Lipinski definition) is 2. The molecule has 1 aromatic carbocycles. The lowest BCUT2D eigenvalue weighted by Gasteiger charge is -2.10. The normalized spacial score (nSPS) is 9.14. The molecule has 2 heteroatoms. The van der Waals surface area contributed by atoms with E-state index in [4.69, 9.17) is 11.2 Å². The number of hydrogen-bond donors (Lipinski definition) is 1. The number of anilines is 1. The van der Waals surface area contributed by atoms with Crippen LogP contribution in [0.5, 0.6) is 5.75 Å². The highest BCUT2D eigenvalue weighted by Crippen LogP contribution is 2.23. The Labute approximate surface area is 85.3 Å². The van der Waals surface area contributed by atoms with Gasteiger partial charge >= 0.3 is 0 Å². The highest BCUT2D eigenvalue weighted by Gasteiger charge is 1.99. The molecular weight excluding hydrogens is 174 g/mol. The van der Waals surface area contributed by atoms with Gasteiger partial charge in [0.25, 0.3) is 0 Å². The Hall–Kier alpha value is -1.62. The maximum atomic E-state index is 5.45. The summed E-state index contributed by atoms with van der Waals surface area (Å²) in [4.78, 5) is 0. The van der Waals surface area contributed by atoms with Crippen LogP contribution in [0.25, 0.3) is 0 Å². The molecule has 0 bridgehead atoms. The van der Waals surface area contributed by atoms with E-state index in [9.17, 15) is 0 Å². The first-order valence-corrected chi connectivity index (χ1v) is 4.77. The van der Waals surface area contributed by atoms with Gasteiger partial charge < -0.3 is 10.1 Å². The molecule has 0 aliphatic rings. The van der Waals surface area contributed by atoms with Gasteiger partial charge in [-0.25, -0.2) is 0 Å². The van der Waals surface area contributed by atoms with Crippen LogP contribution >= 0.6 is 0 Å². The summed E-state index contributed by atoms with van der Waals surface area (Å²) in [6, 6.07) is 7.86. The van der Waals surface area contributed by atoms with Crippen molar-refractivity contribution in [2.45, 2.75) is 13.3 Å². The largest absolute Gasteiger partial charge is 0.492 e. The molecule has 0 aliphatic carbocycles. The van der Waals surface area contributed by atoms with Gasteiger partial charge in [0.05, 0.1) is 12.3 Å². The van der Waals surface area contributed by atoms with E-state index in [1.165, 1.54) is 0 Å². The SMILES string of the molecule is C#CCCNc1ccccc1OCC. The minimum Gasteiger partial charge on any atom is -0.492 e. The molecule has 0 unspecified atom stereocenters. The van der Waals surface area contributed by atoms with E-state index in [0.29, 0.717) is 6.61 Å². The predicted octanol–water partition coefficient (Wildman–Crippen LogP) is 2.52. The lowest BCUT2D eigenvalue weighted by atomic mass is 10.3. The maximum absolute atomic E-state index is 5.45. The van der Waals surface area contributed by atoms with Gasteiger partial charge in [-0.15, -0.1) is 12.3 Å². The number of rotatable bonds is 5. The van der Waals surface area contributed by atoms with Crippen molar-refractivity contribution in [3.05, 3.63) is 24.3 Å². The summed E-state index contributed by atoms with van der Waals surface area (Å²) in [5.74, 6) is 3.47. The minimum atomic E-state index is 0.674. The Balaban J connectivity index is 2.60. The Morgan fingerprint density at radius 3 is 2.93 bits per heavy atom. The average Bonchev–Trinajstić information content (AvgIpc) is 2.21. The molecule has 0 aliphatic heterocycles. The molecule has 1 rings (SSSR count). The van der Waals surface area contributed by atoms with Crippen LogP contribution in [-0.2, 0) is 0 Å². The Bertz CT molecular complexity index is 314. The summed E-state index contributed by atoms with van der Waals surface area (Å²) >= 11 is 0. The predicted molar refractivity (Wildman–Crippen MR) is 59.6 cm³/mol. The van der Waals surface area contributed by atoms with Crippen molar-refractivity contribution < 1.29 is 4.74 Å². The first kappa shape index (κ1) is 10.5. The van der Waals surface area contributed by atoms with Crippen molar-refractivity contribution in [1.82, 2.24) is 0 Å². The molecule has 0 heterocycles. The third kappa shape index (κ3) is 3.02. The zero-order valence-electron chi connectivity index (χ0n) is 8.42. The van der Waals surface area contributed by atoms with Crippen LogP contribution in [0.15, 0.2) is 24.3 Å². The maximum Gasteiger partial charge on any atom is 0.142 e. The quantitative estimate of drug-likeness (QED) is 0.567. The van der Waals surface area contributed by atoms with E-state index in [1.807, 2.05) is 31.2 Å². The van der Waals surface area contributed by atoms with E-state index >= 15 is 0 Å². The third-order valence-corrected chi connectivity index (χ3v) is 1.77. The first-order valence-electron chi connectivity index (χ1n) is 4.77. The summed E-state index contributed by atoms with van der Waals surface area (Å²) in [5, 5.41) is 3.23. The molecule has 0 fully saturated rings. The lowest BCUT2D eigenvalue weighted by Crippen LogP contribution is -2.03. The van der Waals surface area contributed by atoms with Crippen LogP contribution in [0.2, 0.25) is 0 Å². The molecule has 0 amide bonds. The van der Waals surface area contributed by atoms with E-state index in [0.717, 1.165) is 24.4 Å². The Morgan fingerprint density at radius 1 is 1.43 bits per heavy atom. The van der Waals surface area contributed by atoms with Crippen molar-refractivity contribution >= 4 is 5.69 Å². The van der Waals surface area contributed by atoms with E-state index in [2.05, 4.69) is 11.2 Å². The van der Waals surface area contributed by atoms with Crippen molar-refractivity contribution in [3.8, 4) is 18.1 Å². The van der Waals surface area contributed by atoms with Crippen molar-refractivity contribution in [3.63, 3.8) is 0 Å². The van der Waals surface area contributed by atoms with Gasteiger partial charge in [-0.3, -0.25) is 0 Å². The van der Waals surface area contributed by atoms with Crippen LogP contribution in [-0.4, -0.2) is 13.2 Å². The molecule has 1 aromatic rings. The topological polar surface area (TPSA) is 21.3 Å². The van der Waals surface area contributed by atoms with Crippen molar-refractivity contribution in [2.75, 3.05) is 18.5 Å². The first-order chi connectivity index (χ1) is 6.88. The van der Waals surface area contributed by atoms with Gasteiger partial charge in [-0.2, -0.15) is 0 Å². The van der Waals surface area contributed by atoms with Gasteiger partial charge in [0.2, 0.25) is 0 Å². The van der Waals surface area contributed by atoms with Gasteiger partial charge in [-0.1, -0.05) is 12.1 Å². The Kier molecular flexibility index (Phi) is 4.43. The number of benzene rings is 1. The highest BCUT2D eigenvalue weighted by molar-refractivity contribution is 5.56. The summed E-state index contributed by atoms with van der Waals surface area (Å²) in [7, 11) is 0. The summed E-state index contributed by atoms with van der Waals surface area (Å²) < 4.78 is 5.45. The van der Waals surface area contributed by atoms with Crippen LogP contribution in [0, 0.1) is 12.3 Å². The van der Waals surface area contributed by atoms with Gasteiger partial charge in [0.15, 0.2) is 0 Å². The molecule has 0 aromatic heterocycles. The fourth-order valence-electron chi connectivity index (χ4n) is 1.16. The van der Waals surface area contributed by atoms with Gasteiger partial charge in [0, 0.05) is 13.0 Å². The monoisotopic (exact) mass is 189 g/mol. The van der Waals surface area contributed by atoms with Gasteiger partial charge in [0.1, 0.15) is 5.75 Å². The second-order valence-corrected chi connectivity index (χ2v) is 2.81. The number of nitrogens with one attached hydrogen (secondary N) is 1. The zero-order valence-corrected chi connectivity index (χ0v) is 8.42. The zero-order chi connectivity index (χ0) is 10.2. The van der Waals surface area contributed by atoms with E-state index in [1.54, 1.807) is 0 Å². The standard InChI is InChI=1S/C12H15NO/c1-3-5-10-13-11-8-6-7-9-12(11)14-4-2/h1,6-9,13H,4-5,10H2,2H3. The molecule has 0 spiro atoms. The summed E-state index contributed by atoms with van der Waals surface area (Å²) in [6.07, 6.45) is 5.89. The van der Waals surface area contributed by atoms with Crippen molar-refractivity contribution in [2.24, 2.45) is 0 Å². The van der Waals surface area contributed by atoms with Crippen LogP contribution in [0.1, 0.15) is 13.3 Å². The molecule has 74 valence electrons. The molecule has 2 nitrogen and oxygen atoms in total. The van der Waals surface area contributed by atoms with Crippen molar-refractivity contribution in [1.29, 1.82) is 0 Å². The Morgan fingerprint density at radius 2 is 2.21 bits per heavy atom. The molecule has 0 saturated carbocycles. The fourth-order valence-corrected chi connectivity index (χ4v) is 1.16. The second-order valence-electron chi connectivity index (χ2n) is 2.81. The average molecular weight is 189 g/mol. The van der Waals surface area contributed by atoms with Crippen LogP contribution in [0.4, 0.5) is 5.69 Å². The minimum absolute atomic E-state index is 0.674. The van der Waals surface area contributed by atoms with Crippen LogP contribution < -0.4 is 10.1 Å². The molecule has 0 saturated heterocycles. The molecule has 1 N–H and O–H groups in total. The van der Waals surface area contributed by atoms with Gasteiger partial charge in [-0.05, 0) is 19.1 Å². The number of terminal acetylenes is 1. The number of para-hydroxylation sites is 2. The second kappa shape index (κ2) is 5.93. The molecule has 14 heavy (non-hydrogen) atoms.